The van der Waals surface area contributed by atoms with Crippen LogP contribution < -0.4 is 15.0 Å². The van der Waals surface area contributed by atoms with Crippen LogP contribution in [0.3, 0.4) is 0 Å². The first kappa shape index (κ1) is 17.3. The third-order valence-electron chi connectivity index (χ3n) is 4.93. The number of hydrogen-bond acceptors (Lipinski definition) is 4. The third-order valence-corrected chi connectivity index (χ3v) is 4.93. The Morgan fingerprint density at radius 1 is 1.15 bits per heavy atom. The highest BCUT2D eigenvalue weighted by molar-refractivity contribution is 6.23. The average molecular weight is 363 g/mol. The van der Waals surface area contributed by atoms with E-state index in [9.17, 15) is 9.59 Å². The second kappa shape index (κ2) is 7.25. The molecule has 1 aliphatic rings. The Morgan fingerprint density at radius 3 is 2.78 bits per heavy atom. The van der Waals surface area contributed by atoms with Gasteiger partial charge in [0.05, 0.1) is 25.3 Å². The number of carbonyl (C=O) groups excluding carboxylic acids is 2. The molecule has 1 aromatic heterocycles. The summed E-state index contributed by atoms with van der Waals surface area (Å²) in [7, 11) is 1.53. The van der Waals surface area contributed by atoms with E-state index in [1.807, 2.05) is 30.5 Å². The van der Waals surface area contributed by atoms with Crippen LogP contribution in [0.2, 0.25) is 0 Å². The van der Waals surface area contributed by atoms with Gasteiger partial charge in [0.15, 0.2) is 0 Å². The van der Waals surface area contributed by atoms with Gasteiger partial charge in [-0.25, -0.2) is 4.90 Å². The molecule has 0 saturated carbocycles. The first-order chi connectivity index (χ1) is 13.2. The summed E-state index contributed by atoms with van der Waals surface area (Å²) in [5.41, 5.74) is 2.79. The number of carbonyl (C=O) groups is 2. The van der Waals surface area contributed by atoms with Crippen molar-refractivity contribution in [3.8, 4) is 5.75 Å². The molecule has 27 heavy (non-hydrogen) atoms. The molecular formula is C21H21N3O3. The number of ether oxygens (including phenoxy) is 1. The van der Waals surface area contributed by atoms with Crippen molar-refractivity contribution >= 4 is 28.4 Å². The van der Waals surface area contributed by atoms with Crippen LogP contribution in [-0.4, -0.2) is 36.5 Å². The predicted molar refractivity (Wildman–Crippen MR) is 104 cm³/mol. The first-order valence-electron chi connectivity index (χ1n) is 8.97. The number of imide groups is 1. The molecule has 0 bridgehead atoms. The average Bonchev–Trinajstić information content (AvgIpc) is 3.23. The fraction of sp³-hybridized carbons (Fsp3) is 0.238. The van der Waals surface area contributed by atoms with Gasteiger partial charge in [0.2, 0.25) is 5.91 Å². The number of nitrogens with zero attached hydrogens (tertiary/aromatic N) is 1. The highest BCUT2D eigenvalue weighted by Crippen LogP contribution is 2.31. The second-order valence-electron chi connectivity index (χ2n) is 6.56. The van der Waals surface area contributed by atoms with Crippen molar-refractivity contribution in [2.45, 2.75) is 18.9 Å². The van der Waals surface area contributed by atoms with E-state index < -0.39 is 6.04 Å². The van der Waals surface area contributed by atoms with Crippen molar-refractivity contribution in [1.82, 2.24) is 10.3 Å². The minimum atomic E-state index is -0.507. The Kier molecular flexibility index (Phi) is 4.64. The summed E-state index contributed by atoms with van der Waals surface area (Å²) in [5.74, 6) is 0.0659. The van der Waals surface area contributed by atoms with Gasteiger partial charge in [-0.1, -0.05) is 30.3 Å². The zero-order valence-electron chi connectivity index (χ0n) is 15.1. The Labute approximate surface area is 157 Å². The summed E-state index contributed by atoms with van der Waals surface area (Å²) in [6.45, 7) is 0.616. The molecule has 1 saturated heterocycles. The van der Waals surface area contributed by atoms with Gasteiger partial charge in [-0.3, -0.25) is 9.59 Å². The molecular weight excluding hydrogens is 342 g/mol. The van der Waals surface area contributed by atoms with Crippen molar-refractivity contribution < 1.29 is 14.3 Å². The Hall–Kier alpha value is -3.12. The number of aromatic amines is 1. The molecule has 3 aromatic rings. The van der Waals surface area contributed by atoms with E-state index >= 15 is 0 Å². The lowest BCUT2D eigenvalue weighted by atomic mass is 10.1. The lowest BCUT2D eigenvalue weighted by molar-refractivity contribution is -0.121. The summed E-state index contributed by atoms with van der Waals surface area (Å²) in [4.78, 5) is 29.7. The zero-order valence-corrected chi connectivity index (χ0v) is 15.1. The SMILES string of the molecule is COc1ccccc1N1C(=O)C[C@H](NCCc2c[nH]c3ccccc23)C1=O. The van der Waals surface area contributed by atoms with Gasteiger partial charge in [-0.15, -0.1) is 0 Å². The van der Waals surface area contributed by atoms with Crippen molar-refractivity contribution in [1.29, 1.82) is 0 Å². The lowest BCUT2D eigenvalue weighted by Gasteiger charge is -2.18. The van der Waals surface area contributed by atoms with Crippen LogP contribution in [-0.2, 0) is 16.0 Å². The standard InChI is InChI=1S/C21H21N3O3/c1-27-19-9-5-4-8-18(19)24-20(25)12-17(21(24)26)22-11-10-14-13-23-16-7-3-2-6-15(14)16/h2-9,13,17,22-23H,10-12H2,1H3/t17-/m0/s1. The van der Waals surface area contributed by atoms with Crippen LogP contribution in [0.15, 0.2) is 54.7 Å². The molecule has 1 aliphatic heterocycles. The van der Waals surface area contributed by atoms with E-state index in [0.717, 1.165) is 11.9 Å². The smallest absolute Gasteiger partial charge is 0.251 e. The quantitative estimate of drug-likeness (QED) is 0.660. The molecule has 6 nitrogen and oxygen atoms in total. The van der Waals surface area contributed by atoms with Crippen molar-refractivity contribution in [2.75, 3.05) is 18.6 Å². The van der Waals surface area contributed by atoms with Gasteiger partial charge in [-0.2, -0.15) is 0 Å². The summed E-state index contributed by atoms with van der Waals surface area (Å²) < 4.78 is 5.29. The minimum absolute atomic E-state index is 0.158. The Morgan fingerprint density at radius 2 is 1.93 bits per heavy atom. The number of H-pyrrole nitrogens is 1. The molecule has 2 N–H and O–H groups in total. The molecule has 138 valence electrons. The van der Waals surface area contributed by atoms with E-state index in [2.05, 4.69) is 16.4 Å². The van der Waals surface area contributed by atoms with Gasteiger partial charge in [0.25, 0.3) is 5.91 Å². The van der Waals surface area contributed by atoms with E-state index in [0.29, 0.717) is 18.0 Å². The number of hydrogen-bond donors (Lipinski definition) is 2. The second-order valence-corrected chi connectivity index (χ2v) is 6.56. The predicted octanol–water partition coefficient (Wildman–Crippen LogP) is 2.64. The molecule has 4 rings (SSSR count). The Balaban J connectivity index is 1.43. The first-order valence-corrected chi connectivity index (χ1v) is 8.97. The number of aromatic nitrogens is 1. The summed E-state index contributed by atoms with van der Waals surface area (Å²) in [5, 5.41) is 4.42. The molecule has 0 aliphatic carbocycles. The number of rotatable bonds is 6. The van der Waals surface area contributed by atoms with Crippen molar-refractivity contribution in [3.05, 3.63) is 60.3 Å². The number of benzene rings is 2. The number of anilines is 1. The van der Waals surface area contributed by atoms with Crippen molar-refractivity contribution in [2.24, 2.45) is 0 Å². The molecule has 1 fully saturated rings. The van der Waals surface area contributed by atoms with E-state index in [1.54, 1.807) is 18.2 Å². The van der Waals surface area contributed by atoms with Gasteiger partial charge < -0.3 is 15.0 Å². The maximum absolute atomic E-state index is 12.8. The summed E-state index contributed by atoms with van der Waals surface area (Å²) in [6, 6.07) is 14.7. The van der Waals surface area contributed by atoms with E-state index in [-0.39, 0.29) is 18.2 Å². The highest BCUT2D eigenvalue weighted by Gasteiger charge is 2.40. The molecule has 6 heteroatoms. The zero-order chi connectivity index (χ0) is 18.8. The minimum Gasteiger partial charge on any atom is -0.495 e. The van der Waals surface area contributed by atoms with Crippen LogP contribution in [0.5, 0.6) is 5.75 Å². The number of amides is 2. The number of fused-ring (bicyclic) bond motifs is 1. The molecule has 0 unspecified atom stereocenters. The normalized spacial score (nSPS) is 17.1. The molecule has 2 heterocycles. The lowest BCUT2D eigenvalue weighted by Crippen LogP contribution is -2.39. The highest BCUT2D eigenvalue weighted by atomic mass is 16.5. The third kappa shape index (κ3) is 3.19. The monoisotopic (exact) mass is 363 g/mol. The van der Waals surface area contributed by atoms with Crippen LogP contribution in [0.25, 0.3) is 10.9 Å². The van der Waals surface area contributed by atoms with Crippen molar-refractivity contribution in [3.63, 3.8) is 0 Å². The van der Waals surface area contributed by atoms with Gasteiger partial charge in [-0.05, 0) is 30.2 Å². The molecule has 2 aromatic carbocycles. The van der Waals surface area contributed by atoms with Crippen LogP contribution >= 0.6 is 0 Å². The summed E-state index contributed by atoms with van der Waals surface area (Å²) >= 11 is 0. The summed E-state index contributed by atoms with van der Waals surface area (Å²) in [6.07, 6.45) is 2.93. The topological polar surface area (TPSA) is 74.4 Å². The molecule has 1 atom stereocenters. The fourth-order valence-electron chi connectivity index (χ4n) is 3.58. The van der Waals surface area contributed by atoms with Gasteiger partial charge in [0.1, 0.15) is 5.75 Å². The number of methoxy groups -OCH3 is 1. The molecule has 2 amide bonds. The van der Waals surface area contributed by atoms with E-state index in [4.69, 9.17) is 4.74 Å². The fourth-order valence-corrected chi connectivity index (χ4v) is 3.58. The maximum Gasteiger partial charge on any atom is 0.251 e. The van der Waals surface area contributed by atoms with Crippen LogP contribution in [0, 0.1) is 0 Å². The molecule has 0 radical (unpaired) electrons. The molecule has 0 spiro atoms. The largest absolute Gasteiger partial charge is 0.495 e. The van der Waals surface area contributed by atoms with Crippen LogP contribution in [0.1, 0.15) is 12.0 Å². The van der Waals surface area contributed by atoms with Gasteiger partial charge in [0, 0.05) is 23.6 Å². The maximum atomic E-state index is 12.8. The van der Waals surface area contributed by atoms with E-state index in [1.165, 1.54) is 23.0 Å². The van der Waals surface area contributed by atoms with Crippen LogP contribution in [0.4, 0.5) is 5.69 Å². The van der Waals surface area contributed by atoms with Gasteiger partial charge >= 0.3 is 0 Å². The number of para-hydroxylation sites is 3. The number of nitrogens with one attached hydrogen (secondary N) is 2. The Bertz CT molecular complexity index is 995.